The summed E-state index contributed by atoms with van der Waals surface area (Å²) in [6.45, 7) is 2.90. The summed E-state index contributed by atoms with van der Waals surface area (Å²) in [5.74, 6) is 1.71. The third-order valence-corrected chi connectivity index (χ3v) is 3.51. The van der Waals surface area contributed by atoms with Crippen LogP contribution in [0.1, 0.15) is 17.6 Å². The third kappa shape index (κ3) is 2.80. The Labute approximate surface area is 107 Å². The summed E-state index contributed by atoms with van der Waals surface area (Å²) in [7, 11) is 0. The average Bonchev–Trinajstić information content (AvgIpc) is 2.76. The molecular weight excluding hydrogens is 286 g/mol. The normalized spacial score (nSPS) is 10.4. The number of nitrogens with zero attached hydrogens (tertiary/aromatic N) is 2. The van der Waals surface area contributed by atoms with Crippen molar-refractivity contribution < 1.29 is 0 Å². The Morgan fingerprint density at radius 1 is 1.50 bits per heavy atom. The van der Waals surface area contributed by atoms with Gasteiger partial charge < -0.3 is 5.32 Å². The first-order valence-electron chi connectivity index (χ1n) is 5.07. The fourth-order valence-corrected chi connectivity index (χ4v) is 2.38. The van der Waals surface area contributed by atoms with E-state index in [2.05, 4.69) is 42.7 Å². The highest BCUT2D eigenvalue weighted by Gasteiger charge is 2.05. The number of aromatic nitrogens is 2. The zero-order valence-electron chi connectivity index (χ0n) is 8.90. The molecule has 0 aliphatic heterocycles. The number of anilines is 1. The van der Waals surface area contributed by atoms with Crippen molar-refractivity contribution in [3.8, 4) is 0 Å². The topological polar surface area (TPSA) is 37.8 Å². The first kappa shape index (κ1) is 11.5. The lowest BCUT2D eigenvalue weighted by atomic mass is 10.3. The van der Waals surface area contributed by atoms with Gasteiger partial charge in [-0.3, -0.25) is 0 Å². The number of nitrogens with one attached hydrogen (secondary N) is 1. The fourth-order valence-electron chi connectivity index (χ4n) is 1.35. The molecule has 5 heteroatoms. The highest BCUT2D eigenvalue weighted by Crippen LogP contribution is 2.20. The molecule has 0 saturated heterocycles. The summed E-state index contributed by atoms with van der Waals surface area (Å²) in [6.07, 6.45) is 2.59. The van der Waals surface area contributed by atoms with Crippen molar-refractivity contribution in [3.63, 3.8) is 0 Å². The number of thiophene rings is 1. The van der Waals surface area contributed by atoms with Crippen molar-refractivity contribution >= 4 is 33.1 Å². The zero-order chi connectivity index (χ0) is 11.4. The molecule has 0 aliphatic rings. The van der Waals surface area contributed by atoms with Gasteiger partial charge in [0.05, 0.1) is 4.47 Å². The predicted octanol–water partition coefficient (Wildman–Crippen LogP) is 3.32. The molecule has 0 aliphatic carbocycles. The largest absolute Gasteiger partial charge is 0.369 e. The lowest BCUT2D eigenvalue weighted by Gasteiger charge is -2.06. The van der Waals surface area contributed by atoms with Gasteiger partial charge in [-0.2, -0.15) is 0 Å². The molecule has 16 heavy (non-hydrogen) atoms. The van der Waals surface area contributed by atoms with Crippen LogP contribution in [-0.2, 0) is 6.42 Å². The molecule has 1 N–H and O–H groups in total. The van der Waals surface area contributed by atoms with E-state index >= 15 is 0 Å². The van der Waals surface area contributed by atoms with Crippen molar-refractivity contribution in [2.45, 2.75) is 13.3 Å². The number of hydrogen-bond acceptors (Lipinski definition) is 4. The Morgan fingerprint density at radius 2 is 2.38 bits per heavy atom. The van der Waals surface area contributed by atoms with Crippen LogP contribution in [0.5, 0.6) is 0 Å². The maximum Gasteiger partial charge on any atom is 0.144 e. The summed E-state index contributed by atoms with van der Waals surface area (Å²) in [5, 5.41) is 5.27. The smallest absolute Gasteiger partial charge is 0.144 e. The highest BCUT2D eigenvalue weighted by atomic mass is 79.9. The summed E-state index contributed by atoms with van der Waals surface area (Å²) < 4.78 is 0.907. The molecule has 0 unspecified atom stereocenters. The molecule has 2 aromatic heterocycles. The Kier molecular flexibility index (Phi) is 3.90. The summed E-state index contributed by atoms with van der Waals surface area (Å²) in [6, 6.07) is 4.15. The Bertz CT molecular complexity index is 456. The Balaban J connectivity index is 2.19. The van der Waals surface area contributed by atoms with Crippen molar-refractivity contribution in [2.75, 3.05) is 11.9 Å². The second kappa shape index (κ2) is 5.41. The standard InChI is InChI=1S/C11H12BrN3S/c1-2-13-11-9(12)7-14-10(15-11)6-8-4-3-5-16-8/h3-5,7H,2,6H2,1H3,(H,13,14,15). The number of halogens is 1. The average molecular weight is 298 g/mol. The van der Waals surface area contributed by atoms with Gasteiger partial charge in [0.2, 0.25) is 0 Å². The van der Waals surface area contributed by atoms with Crippen LogP contribution >= 0.6 is 27.3 Å². The first-order valence-corrected chi connectivity index (χ1v) is 6.74. The van der Waals surface area contributed by atoms with Gasteiger partial charge in [0.1, 0.15) is 11.6 Å². The van der Waals surface area contributed by atoms with Crippen LogP contribution in [-0.4, -0.2) is 16.5 Å². The van der Waals surface area contributed by atoms with Crippen LogP contribution < -0.4 is 5.32 Å². The summed E-state index contributed by atoms with van der Waals surface area (Å²) in [4.78, 5) is 10.1. The minimum absolute atomic E-state index is 0.795. The lowest BCUT2D eigenvalue weighted by molar-refractivity contribution is 0.966. The van der Waals surface area contributed by atoms with Crippen molar-refractivity contribution in [3.05, 3.63) is 38.9 Å². The Morgan fingerprint density at radius 3 is 3.06 bits per heavy atom. The lowest BCUT2D eigenvalue weighted by Crippen LogP contribution is -2.04. The van der Waals surface area contributed by atoms with Gasteiger partial charge in [-0.05, 0) is 34.3 Å². The van der Waals surface area contributed by atoms with Gasteiger partial charge in [0.25, 0.3) is 0 Å². The number of hydrogen-bond donors (Lipinski definition) is 1. The molecule has 84 valence electrons. The third-order valence-electron chi connectivity index (χ3n) is 2.05. The van der Waals surface area contributed by atoms with Crippen molar-refractivity contribution in [2.24, 2.45) is 0 Å². The van der Waals surface area contributed by atoms with Crippen LogP contribution in [0.2, 0.25) is 0 Å². The van der Waals surface area contributed by atoms with E-state index in [-0.39, 0.29) is 0 Å². The van der Waals surface area contributed by atoms with Gasteiger partial charge in [0.15, 0.2) is 0 Å². The van der Waals surface area contributed by atoms with Gasteiger partial charge in [-0.15, -0.1) is 11.3 Å². The van der Waals surface area contributed by atoms with Gasteiger partial charge >= 0.3 is 0 Å². The fraction of sp³-hybridized carbons (Fsp3) is 0.273. The highest BCUT2D eigenvalue weighted by molar-refractivity contribution is 9.10. The quantitative estimate of drug-likeness (QED) is 0.941. The molecule has 0 aromatic carbocycles. The molecule has 0 saturated carbocycles. The van der Waals surface area contributed by atoms with E-state index in [9.17, 15) is 0 Å². The monoisotopic (exact) mass is 297 g/mol. The van der Waals surface area contributed by atoms with Crippen LogP contribution in [0.3, 0.4) is 0 Å². The SMILES string of the molecule is CCNc1nc(Cc2cccs2)ncc1Br. The van der Waals surface area contributed by atoms with Crippen molar-refractivity contribution in [1.82, 2.24) is 9.97 Å². The molecular formula is C11H12BrN3S. The molecule has 3 nitrogen and oxygen atoms in total. The first-order chi connectivity index (χ1) is 7.79. The second-order valence-electron chi connectivity index (χ2n) is 3.27. The van der Waals surface area contributed by atoms with Gasteiger partial charge in [-0.25, -0.2) is 9.97 Å². The summed E-state index contributed by atoms with van der Waals surface area (Å²) >= 11 is 5.15. The van der Waals surface area contributed by atoms with E-state index in [4.69, 9.17) is 0 Å². The molecule has 0 atom stereocenters. The minimum atomic E-state index is 0.795. The zero-order valence-corrected chi connectivity index (χ0v) is 11.3. The second-order valence-corrected chi connectivity index (χ2v) is 5.16. The molecule has 2 heterocycles. The Hall–Kier alpha value is -0.940. The molecule has 2 rings (SSSR count). The van der Waals surface area contributed by atoms with E-state index in [1.807, 2.05) is 13.0 Å². The van der Waals surface area contributed by atoms with E-state index in [0.29, 0.717) is 0 Å². The maximum atomic E-state index is 4.47. The molecule has 0 bridgehead atoms. The van der Waals surface area contributed by atoms with Crippen molar-refractivity contribution in [1.29, 1.82) is 0 Å². The van der Waals surface area contributed by atoms with E-state index in [1.54, 1.807) is 17.5 Å². The van der Waals surface area contributed by atoms with Crippen LogP contribution in [0.4, 0.5) is 5.82 Å². The van der Waals surface area contributed by atoms with Crippen LogP contribution in [0, 0.1) is 0 Å². The van der Waals surface area contributed by atoms with Gasteiger partial charge in [-0.1, -0.05) is 6.07 Å². The molecule has 0 radical (unpaired) electrons. The predicted molar refractivity (Wildman–Crippen MR) is 71.0 cm³/mol. The minimum Gasteiger partial charge on any atom is -0.369 e. The summed E-state index contributed by atoms with van der Waals surface area (Å²) in [5.41, 5.74) is 0. The maximum absolute atomic E-state index is 4.47. The van der Waals surface area contributed by atoms with Crippen LogP contribution in [0.15, 0.2) is 28.2 Å². The number of rotatable bonds is 4. The van der Waals surface area contributed by atoms with Gasteiger partial charge in [0, 0.05) is 24.0 Å². The van der Waals surface area contributed by atoms with E-state index < -0.39 is 0 Å². The molecule has 0 spiro atoms. The van der Waals surface area contributed by atoms with Crippen LogP contribution in [0.25, 0.3) is 0 Å². The van der Waals surface area contributed by atoms with E-state index in [0.717, 1.165) is 29.1 Å². The molecule has 0 fully saturated rings. The molecule has 2 aromatic rings. The molecule has 0 amide bonds. The van der Waals surface area contributed by atoms with E-state index in [1.165, 1.54) is 4.88 Å².